The van der Waals surface area contributed by atoms with E-state index in [4.69, 9.17) is 4.74 Å². The quantitative estimate of drug-likeness (QED) is 0.317. The van der Waals surface area contributed by atoms with Crippen molar-refractivity contribution in [1.82, 2.24) is 19.7 Å². The highest BCUT2D eigenvalue weighted by Crippen LogP contribution is 2.47. The van der Waals surface area contributed by atoms with E-state index < -0.39 is 25.2 Å². The molecule has 1 aromatic carbocycles. The number of piperidine rings is 1. The van der Waals surface area contributed by atoms with Gasteiger partial charge in [-0.15, -0.1) is 11.3 Å². The number of nitrogens with zero attached hydrogens (tertiary/aromatic N) is 4. The number of hydrogen-bond donors (Lipinski definition) is 0. The predicted molar refractivity (Wildman–Crippen MR) is 149 cm³/mol. The number of thiazole rings is 1. The molecule has 10 heteroatoms. The van der Waals surface area contributed by atoms with Gasteiger partial charge < -0.3 is 9.64 Å². The van der Waals surface area contributed by atoms with Gasteiger partial charge in [0.1, 0.15) is 19.5 Å². The third-order valence-electron chi connectivity index (χ3n) is 6.94. The predicted octanol–water partition coefficient (Wildman–Crippen LogP) is 5.46. The van der Waals surface area contributed by atoms with Crippen LogP contribution in [0.15, 0.2) is 42.2 Å². The summed E-state index contributed by atoms with van der Waals surface area (Å²) in [5, 5.41) is 4.59. The normalized spacial score (nSPS) is 19.4. The van der Waals surface area contributed by atoms with Crippen molar-refractivity contribution in [1.29, 1.82) is 0 Å². The van der Waals surface area contributed by atoms with Gasteiger partial charge in [0.2, 0.25) is 0 Å². The van der Waals surface area contributed by atoms with Crippen LogP contribution in [0.1, 0.15) is 48.1 Å². The van der Waals surface area contributed by atoms with E-state index in [0.29, 0.717) is 24.3 Å². The molecule has 2 aromatic heterocycles. The van der Waals surface area contributed by atoms with Gasteiger partial charge in [-0.3, -0.25) is 9.78 Å². The summed E-state index contributed by atoms with van der Waals surface area (Å²) in [6, 6.07) is 6.20. The summed E-state index contributed by atoms with van der Waals surface area (Å²) in [6.45, 7) is 12.8. The van der Waals surface area contributed by atoms with E-state index >= 15 is 0 Å². The third-order valence-corrected chi connectivity index (χ3v) is 11.3. The number of rotatable bonds is 4. The fourth-order valence-electron chi connectivity index (χ4n) is 5.08. The van der Waals surface area contributed by atoms with Gasteiger partial charge in [-0.1, -0.05) is 25.2 Å². The van der Waals surface area contributed by atoms with Gasteiger partial charge in [-0.25, -0.2) is 13.9 Å². The van der Waals surface area contributed by atoms with Crippen molar-refractivity contribution >= 4 is 42.0 Å². The number of likely N-dealkylation sites (tertiary alicyclic amines) is 1. The van der Waals surface area contributed by atoms with Crippen molar-refractivity contribution in [2.24, 2.45) is 5.41 Å². The molecule has 0 saturated carbocycles. The number of carbonyl (C=O) groups excluding carboxylic acids is 2. The van der Waals surface area contributed by atoms with Gasteiger partial charge in [-0.05, 0) is 69.5 Å². The van der Waals surface area contributed by atoms with Crippen LogP contribution >= 0.6 is 11.3 Å². The van der Waals surface area contributed by atoms with Crippen molar-refractivity contribution < 1.29 is 18.7 Å². The Bertz CT molecular complexity index is 1430. The zero-order valence-electron chi connectivity index (χ0n) is 22.7. The van der Waals surface area contributed by atoms with Gasteiger partial charge in [0.15, 0.2) is 5.78 Å². The standard InChI is InChI=1S/C28H33FN4O3SSi/c1-27(2,3)36-26(35)32-12-11-19-13-22-18(15-31-33(22)21-9-7-20(29)8-10-21)14-28(19,17-32)24(34)23-16-30-25(37-23)38(4,5)6/h7-10,13,15-16H,11-12,14,17H2,1-6H3. The number of hydrogen-bond acceptors (Lipinski definition) is 6. The van der Waals surface area contributed by atoms with Crippen LogP contribution in [0.4, 0.5) is 9.18 Å². The number of benzene rings is 1. The number of ether oxygens (including phenoxy) is 1. The highest BCUT2D eigenvalue weighted by molar-refractivity contribution is 7.27. The van der Waals surface area contributed by atoms with Gasteiger partial charge >= 0.3 is 6.09 Å². The van der Waals surface area contributed by atoms with E-state index in [9.17, 15) is 14.0 Å². The molecule has 1 unspecified atom stereocenters. The lowest BCUT2D eigenvalue weighted by atomic mass is 9.65. The Balaban J connectivity index is 1.57. The largest absolute Gasteiger partial charge is 0.444 e. The van der Waals surface area contributed by atoms with Crippen molar-refractivity contribution in [3.63, 3.8) is 0 Å². The lowest BCUT2D eigenvalue weighted by Crippen LogP contribution is -2.54. The molecular weight excluding hydrogens is 519 g/mol. The van der Waals surface area contributed by atoms with E-state index in [-0.39, 0.29) is 18.1 Å². The summed E-state index contributed by atoms with van der Waals surface area (Å²) < 4.78 is 22.0. The molecule has 0 spiro atoms. The number of fused-ring (bicyclic) bond motifs is 2. The summed E-state index contributed by atoms with van der Waals surface area (Å²) in [7, 11) is -1.69. The number of halogens is 1. The SMILES string of the molecule is CC(C)(C)OC(=O)N1CCC2=Cc3c(cnn3-c3ccc(F)cc3)CC2(C(=O)c2cnc([Si](C)(C)C)s2)C1. The molecule has 1 aliphatic carbocycles. The maximum atomic E-state index is 14.4. The molecule has 1 atom stereocenters. The van der Waals surface area contributed by atoms with Crippen molar-refractivity contribution in [2.45, 2.75) is 58.9 Å². The van der Waals surface area contributed by atoms with E-state index in [1.54, 1.807) is 34.1 Å². The lowest BCUT2D eigenvalue weighted by molar-refractivity contribution is 0.0139. The number of aromatic nitrogens is 3. The summed E-state index contributed by atoms with van der Waals surface area (Å²) in [4.78, 5) is 34.4. The molecule has 3 heterocycles. The average molecular weight is 553 g/mol. The molecule has 1 amide bonds. The first-order valence-corrected chi connectivity index (χ1v) is 17.1. The van der Waals surface area contributed by atoms with E-state index in [2.05, 4.69) is 29.7 Å². The van der Waals surface area contributed by atoms with Crippen LogP contribution in [0.25, 0.3) is 11.8 Å². The molecule has 3 aromatic rings. The van der Waals surface area contributed by atoms with Crippen LogP contribution in [0.5, 0.6) is 0 Å². The third kappa shape index (κ3) is 4.87. The molecule has 0 radical (unpaired) electrons. The first-order valence-electron chi connectivity index (χ1n) is 12.8. The number of carbonyl (C=O) groups is 2. The molecule has 5 rings (SSSR count). The first-order chi connectivity index (χ1) is 17.8. The maximum Gasteiger partial charge on any atom is 0.410 e. The van der Waals surface area contributed by atoms with Gasteiger partial charge in [0.05, 0.1) is 32.5 Å². The van der Waals surface area contributed by atoms with Gasteiger partial charge in [0.25, 0.3) is 0 Å². The van der Waals surface area contributed by atoms with Crippen molar-refractivity contribution in [3.05, 3.63) is 64.2 Å². The Kier molecular flexibility index (Phi) is 6.46. The van der Waals surface area contributed by atoms with Gasteiger partial charge in [-0.2, -0.15) is 5.10 Å². The second kappa shape index (κ2) is 9.27. The zero-order chi connectivity index (χ0) is 27.5. The van der Waals surface area contributed by atoms with Crippen LogP contribution in [0, 0.1) is 11.2 Å². The van der Waals surface area contributed by atoms with Gasteiger partial charge in [0, 0.05) is 19.3 Å². The molecule has 0 bridgehead atoms. The monoisotopic (exact) mass is 552 g/mol. The number of ketones is 1. The summed E-state index contributed by atoms with van der Waals surface area (Å²) in [5.41, 5.74) is 1.95. The zero-order valence-corrected chi connectivity index (χ0v) is 24.5. The number of amides is 1. The average Bonchev–Trinajstić information content (AvgIpc) is 3.48. The second-order valence-corrected chi connectivity index (χ2v) is 18.5. The highest BCUT2D eigenvalue weighted by atomic mass is 32.1. The molecule has 200 valence electrons. The first kappa shape index (κ1) is 26.5. The molecular formula is C28H33FN4O3SSi. The smallest absolute Gasteiger partial charge is 0.410 e. The second-order valence-electron chi connectivity index (χ2n) is 12.1. The Morgan fingerprint density at radius 3 is 2.47 bits per heavy atom. The summed E-state index contributed by atoms with van der Waals surface area (Å²) >= 11 is 1.48. The molecule has 1 aliphatic heterocycles. The molecule has 1 saturated heterocycles. The van der Waals surface area contributed by atoms with Crippen LogP contribution in [-0.4, -0.2) is 58.3 Å². The molecule has 7 nitrogen and oxygen atoms in total. The van der Waals surface area contributed by atoms with Crippen molar-refractivity contribution in [2.75, 3.05) is 13.1 Å². The summed E-state index contributed by atoms with van der Waals surface area (Å²) in [6.07, 6.45) is 6.06. The molecule has 2 aliphatic rings. The van der Waals surface area contributed by atoms with E-state index in [0.717, 1.165) is 27.1 Å². The summed E-state index contributed by atoms with van der Waals surface area (Å²) in [5.74, 6) is -0.325. The lowest BCUT2D eigenvalue weighted by Gasteiger charge is -2.45. The molecule has 0 N–H and O–H groups in total. The minimum atomic E-state index is -1.69. The fraction of sp³-hybridized carbons (Fsp3) is 0.429. The number of Topliss-reactive ketones (excluding diaryl/α,β-unsaturated/α-hetero) is 1. The minimum Gasteiger partial charge on any atom is -0.444 e. The topological polar surface area (TPSA) is 77.3 Å². The fourth-order valence-corrected chi connectivity index (χ4v) is 7.80. The van der Waals surface area contributed by atoms with E-state index in [1.165, 1.54) is 23.5 Å². The Morgan fingerprint density at radius 2 is 1.84 bits per heavy atom. The highest BCUT2D eigenvalue weighted by Gasteiger charge is 2.50. The van der Waals surface area contributed by atoms with Crippen LogP contribution in [-0.2, 0) is 11.2 Å². The maximum absolute atomic E-state index is 14.4. The minimum absolute atomic E-state index is 0.0146. The Morgan fingerprint density at radius 1 is 1.13 bits per heavy atom. The van der Waals surface area contributed by atoms with Crippen LogP contribution < -0.4 is 4.63 Å². The van der Waals surface area contributed by atoms with Crippen molar-refractivity contribution in [3.8, 4) is 5.69 Å². The van der Waals surface area contributed by atoms with Crippen LogP contribution in [0.3, 0.4) is 0 Å². The van der Waals surface area contributed by atoms with E-state index in [1.807, 2.05) is 26.8 Å². The Hall–Kier alpha value is -3.11. The molecule has 1 fully saturated rings. The Labute approximate surface area is 227 Å². The van der Waals surface area contributed by atoms with Crippen LogP contribution in [0.2, 0.25) is 19.6 Å². The molecule has 38 heavy (non-hydrogen) atoms.